The molecule has 1 spiro atoms. The van der Waals surface area contributed by atoms with E-state index in [0.717, 1.165) is 37.8 Å². The maximum Gasteiger partial charge on any atom is 0.289 e. The van der Waals surface area contributed by atoms with Gasteiger partial charge in [-0.2, -0.15) is 0 Å². The Balaban J connectivity index is 1.44. The van der Waals surface area contributed by atoms with Gasteiger partial charge in [-0.1, -0.05) is 68.8 Å². The van der Waals surface area contributed by atoms with E-state index >= 15 is 0 Å². The second-order valence-electron chi connectivity index (χ2n) is 15.5. The number of benzene rings is 1. The minimum Gasteiger partial charge on any atom is -0.493 e. The molecule has 0 bridgehead atoms. The molecule has 2 saturated carbocycles. The van der Waals surface area contributed by atoms with Crippen LogP contribution in [0.5, 0.6) is 11.5 Å². The number of Topliss-reactive ketones (excluding diaryl/α,β-unsaturated/α-hetero) is 1. The molecule has 4 atom stereocenters. The Labute approximate surface area is 317 Å². The van der Waals surface area contributed by atoms with Gasteiger partial charge >= 0.3 is 0 Å². The normalized spacial score (nSPS) is 22.7. The van der Waals surface area contributed by atoms with Crippen LogP contribution in [-0.4, -0.2) is 97.4 Å². The SMILES string of the molecule is C=C(CC1CCCCC1)N[C@H](C(=O)N1C[C@@]2(CC(c3cc(Cl)cc(OC)c3OC)=NO2)C[C@H]1C(=O)N[C@@H](CCC)C(=O)C(=O)NC1CC1)C(C)(C)OC. The fourth-order valence-corrected chi connectivity index (χ4v) is 7.91. The summed E-state index contributed by atoms with van der Waals surface area (Å²) in [5.74, 6) is -1.05. The Hall–Kier alpha value is -3.84. The summed E-state index contributed by atoms with van der Waals surface area (Å²) in [5.41, 5.74) is -0.292. The number of hydrogen-bond donors (Lipinski definition) is 3. The first-order valence-electron chi connectivity index (χ1n) is 18.9. The third-order valence-electron chi connectivity index (χ3n) is 11.0. The molecule has 3 amide bonds. The molecule has 2 heterocycles. The van der Waals surface area contributed by atoms with Crippen molar-refractivity contribution in [2.45, 2.75) is 133 Å². The Morgan fingerprint density at radius 1 is 1.08 bits per heavy atom. The van der Waals surface area contributed by atoms with Gasteiger partial charge in [-0.15, -0.1) is 0 Å². The zero-order chi connectivity index (χ0) is 38.5. The fraction of sp³-hybridized carbons (Fsp3) is 0.667. The van der Waals surface area contributed by atoms with E-state index in [-0.39, 0.29) is 37.8 Å². The molecule has 4 aliphatic rings. The highest BCUT2D eigenvalue weighted by molar-refractivity contribution is 6.38. The molecule has 3 N–H and O–H groups in total. The van der Waals surface area contributed by atoms with Gasteiger partial charge in [0.15, 0.2) is 17.1 Å². The third-order valence-corrected chi connectivity index (χ3v) is 11.2. The summed E-state index contributed by atoms with van der Waals surface area (Å²) in [7, 11) is 4.57. The maximum atomic E-state index is 14.9. The van der Waals surface area contributed by atoms with Crippen LogP contribution < -0.4 is 25.4 Å². The van der Waals surface area contributed by atoms with Gasteiger partial charge < -0.3 is 39.9 Å². The minimum absolute atomic E-state index is 0.0125. The smallest absolute Gasteiger partial charge is 0.289 e. The van der Waals surface area contributed by atoms with E-state index in [4.69, 9.17) is 30.6 Å². The average molecular weight is 758 g/mol. The summed E-state index contributed by atoms with van der Waals surface area (Å²) in [6.45, 7) is 9.83. The van der Waals surface area contributed by atoms with Gasteiger partial charge in [-0.25, -0.2) is 0 Å². The van der Waals surface area contributed by atoms with E-state index in [1.165, 1.54) is 38.4 Å². The Morgan fingerprint density at radius 3 is 2.42 bits per heavy atom. The standard InChI is InChI=1S/C39H56ClN5O8/c1-8-12-28(32(46)36(48)42-26-15-16-26)43-35(47)30-21-39(20-29(44-53-39)27-18-25(40)19-31(50-5)33(27)51-6)22-45(30)37(49)34(38(3,4)52-7)41-23(2)17-24-13-10-9-11-14-24/h18-19,24,26,28,30,34,41H,2,8-17,20-22H2,1,3-7H3,(H,42,48)(H,43,47)/t28-,30-,34+,39+/m0/s1. The second kappa shape index (κ2) is 17.1. The van der Waals surface area contributed by atoms with Crippen LogP contribution in [0.3, 0.4) is 0 Å². The summed E-state index contributed by atoms with van der Waals surface area (Å²) in [6.07, 6.45) is 9.30. The van der Waals surface area contributed by atoms with Crippen LogP contribution in [0.2, 0.25) is 5.02 Å². The number of carbonyl (C=O) groups is 4. The topological polar surface area (TPSA) is 157 Å². The van der Waals surface area contributed by atoms with E-state index in [1.807, 2.05) is 20.8 Å². The predicted octanol–water partition coefficient (Wildman–Crippen LogP) is 4.82. The molecule has 3 fully saturated rings. The van der Waals surface area contributed by atoms with Crippen LogP contribution in [-0.2, 0) is 28.8 Å². The first kappa shape index (κ1) is 40.3. The molecule has 292 valence electrons. The lowest BCUT2D eigenvalue weighted by Crippen LogP contribution is -2.61. The monoisotopic (exact) mass is 757 g/mol. The number of methoxy groups -OCH3 is 3. The summed E-state index contributed by atoms with van der Waals surface area (Å²) < 4.78 is 17.0. The van der Waals surface area contributed by atoms with Gasteiger partial charge in [0.2, 0.25) is 17.6 Å². The van der Waals surface area contributed by atoms with Crippen molar-refractivity contribution < 1.29 is 38.2 Å². The van der Waals surface area contributed by atoms with Gasteiger partial charge in [0.25, 0.3) is 5.91 Å². The first-order chi connectivity index (χ1) is 25.2. The number of ether oxygens (including phenoxy) is 3. The van der Waals surface area contributed by atoms with Crippen LogP contribution in [0.1, 0.15) is 103 Å². The maximum absolute atomic E-state index is 14.9. The number of likely N-dealkylation sites (tertiary alicyclic amines) is 1. The number of nitrogens with zero attached hydrogens (tertiary/aromatic N) is 2. The molecular weight excluding hydrogens is 702 g/mol. The Morgan fingerprint density at radius 2 is 1.79 bits per heavy atom. The lowest BCUT2D eigenvalue weighted by Gasteiger charge is -2.38. The number of carbonyl (C=O) groups excluding carboxylic acids is 4. The van der Waals surface area contributed by atoms with Gasteiger partial charge in [-0.05, 0) is 51.5 Å². The number of ketones is 1. The highest BCUT2D eigenvalue weighted by Gasteiger charge is 2.56. The van der Waals surface area contributed by atoms with Crippen LogP contribution in [0.15, 0.2) is 29.6 Å². The number of hydrogen-bond acceptors (Lipinski definition) is 10. The molecule has 1 saturated heterocycles. The van der Waals surface area contributed by atoms with Gasteiger partial charge in [0, 0.05) is 48.3 Å². The van der Waals surface area contributed by atoms with Crippen molar-refractivity contribution in [2.75, 3.05) is 27.9 Å². The average Bonchev–Trinajstić information content (AvgIpc) is 3.74. The molecule has 0 unspecified atom stereocenters. The number of rotatable bonds is 17. The van der Waals surface area contributed by atoms with Crippen LogP contribution >= 0.6 is 11.6 Å². The minimum atomic E-state index is -1.10. The number of halogens is 1. The lowest BCUT2D eigenvalue weighted by molar-refractivity contribution is -0.147. The quantitative estimate of drug-likeness (QED) is 0.190. The molecule has 2 aliphatic heterocycles. The molecule has 1 aromatic rings. The van der Waals surface area contributed by atoms with Crippen molar-refractivity contribution in [1.82, 2.24) is 20.9 Å². The molecule has 5 rings (SSSR count). The highest BCUT2D eigenvalue weighted by Crippen LogP contribution is 2.43. The zero-order valence-corrected chi connectivity index (χ0v) is 32.7. The van der Waals surface area contributed by atoms with E-state index in [9.17, 15) is 19.2 Å². The van der Waals surface area contributed by atoms with Crippen LogP contribution in [0.25, 0.3) is 0 Å². The molecule has 53 heavy (non-hydrogen) atoms. The number of amides is 3. The molecule has 14 heteroatoms. The molecule has 0 aromatic heterocycles. The van der Waals surface area contributed by atoms with Gasteiger partial charge in [0.1, 0.15) is 12.1 Å². The summed E-state index contributed by atoms with van der Waals surface area (Å²) >= 11 is 6.44. The van der Waals surface area contributed by atoms with Gasteiger partial charge in [-0.3, -0.25) is 19.2 Å². The third kappa shape index (κ3) is 9.46. The summed E-state index contributed by atoms with van der Waals surface area (Å²) in [4.78, 5) is 63.0. The van der Waals surface area contributed by atoms with Crippen molar-refractivity contribution in [3.8, 4) is 11.5 Å². The van der Waals surface area contributed by atoms with E-state index in [0.29, 0.717) is 40.1 Å². The summed E-state index contributed by atoms with van der Waals surface area (Å²) in [6, 6.07) is 0.302. The molecular formula is C39H56ClN5O8. The van der Waals surface area contributed by atoms with Crippen molar-refractivity contribution >= 4 is 40.8 Å². The van der Waals surface area contributed by atoms with Gasteiger partial charge in [0.05, 0.1) is 38.1 Å². The lowest BCUT2D eigenvalue weighted by atomic mass is 9.86. The predicted molar refractivity (Wildman–Crippen MR) is 201 cm³/mol. The van der Waals surface area contributed by atoms with E-state index in [1.54, 1.807) is 19.2 Å². The van der Waals surface area contributed by atoms with Crippen LogP contribution in [0, 0.1) is 5.92 Å². The number of nitrogens with one attached hydrogen (secondary N) is 3. The largest absolute Gasteiger partial charge is 0.493 e. The highest BCUT2D eigenvalue weighted by atomic mass is 35.5. The number of oxime groups is 1. The van der Waals surface area contributed by atoms with Crippen molar-refractivity contribution in [3.05, 3.63) is 35.0 Å². The molecule has 13 nitrogen and oxygen atoms in total. The number of allylic oxidation sites excluding steroid dienone is 1. The Kier molecular flexibility index (Phi) is 13.0. The molecule has 1 aromatic carbocycles. The van der Waals surface area contributed by atoms with Crippen molar-refractivity contribution in [3.63, 3.8) is 0 Å². The van der Waals surface area contributed by atoms with E-state index < -0.39 is 46.9 Å². The zero-order valence-electron chi connectivity index (χ0n) is 32.0. The second-order valence-corrected chi connectivity index (χ2v) is 16.0. The first-order valence-corrected chi connectivity index (χ1v) is 19.2. The Bertz CT molecular complexity index is 1590. The molecule has 0 radical (unpaired) electrons. The van der Waals surface area contributed by atoms with Crippen molar-refractivity contribution in [1.29, 1.82) is 0 Å². The van der Waals surface area contributed by atoms with E-state index in [2.05, 4.69) is 27.7 Å². The summed E-state index contributed by atoms with van der Waals surface area (Å²) in [5, 5.41) is 13.8. The van der Waals surface area contributed by atoms with Crippen molar-refractivity contribution in [2.24, 2.45) is 11.1 Å². The fourth-order valence-electron chi connectivity index (χ4n) is 7.71. The molecule has 2 aliphatic carbocycles. The van der Waals surface area contributed by atoms with Crippen LogP contribution in [0.4, 0.5) is 0 Å².